The molecule has 3 heterocycles. The number of hydrogen-bond acceptors (Lipinski definition) is 4. The molecule has 1 aliphatic rings. The van der Waals surface area contributed by atoms with E-state index in [9.17, 15) is 9.50 Å². The van der Waals surface area contributed by atoms with Crippen molar-refractivity contribution in [1.82, 2.24) is 14.5 Å². The highest BCUT2D eigenvalue weighted by Gasteiger charge is 2.25. The number of pyridine rings is 2. The number of hydrogen-bond donors (Lipinski definition) is 2. The lowest BCUT2D eigenvalue weighted by Crippen LogP contribution is -2.15. The summed E-state index contributed by atoms with van der Waals surface area (Å²) in [5.74, 6) is -0.384. The first kappa shape index (κ1) is 15.1. The van der Waals surface area contributed by atoms with Crippen molar-refractivity contribution in [2.24, 2.45) is 0 Å². The normalized spacial score (nSPS) is 14.8. The second kappa shape index (κ2) is 5.42. The average molecular weight is 348 g/mol. The van der Waals surface area contributed by atoms with Crippen molar-refractivity contribution >= 4 is 27.5 Å². The number of rotatable bonds is 2. The van der Waals surface area contributed by atoms with E-state index in [1.165, 1.54) is 6.20 Å². The zero-order valence-corrected chi connectivity index (χ0v) is 14.0. The van der Waals surface area contributed by atoms with Crippen LogP contribution in [0, 0.1) is 5.95 Å². The highest BCUT2D eigenvalue weighted by atomic mass is 19.1. The number of halogens is 1. The van der Waals surface area contributed by atoms with Crippen LogP contribution >= 0.6 is 0 Å². The summed E-state index contributed by atoms with van der Waals surface area (Å²) in [4.78, 5) is 8.46. The molecule has 1 aromatic carbocycles. The van der Waals surface area contributed by atoms with E-state index in [0.717, 1.165) is 19.3 Å². The maximum absolute atomic E-state index is 14.2. The van der Waals surface area contributed by atoms with Gasteiger partial charge in [-0.1, -0.05) is 18.2 Å². The molecule has 1 saturated carbocycles. The molecule has 0 radical (unpaired) electrons. The van der Waals surface area contributed by atoms with Crippen molar-refractivity contribution in [2.75, 3.05) is 5.73 Å². The molecule has 1 aliphatic carbocycles. The Morgan fingerprint density at radius 3 is 2.69 bits per heavy atom. The van der Waals surface area contributed by atoms with Crippen LogP contribution in [-0.2, 0) is 0 Å². The molecule has 4 aromatic rings. The molecule has 130 valence electrons. The van der Waals surface area contributed by atoms with Gasteiger partial charge < -0.3 is 15.4 Å². The van der Waals surface area contributed by atoms with Crippen molar-refractivity contribution in [3.63, 3.8) is 0 Å². The van der Waals surface area contributed by atoms with Crippen molar-refractivity contribution in [1.29, 1.82) is 0 Å². The number of anilines is 1. The van der Waals surface area contributed by atoms with Gasteiger partial charge >= 0.3 is 0 Å². The zero-order chi connectivity index (χ0) is 17.8. The van der Waals surface area contributed by atoms with E-state index in [4.69, 9.17) is 10.7 Å². The number of nitrogens with two attached hydrogens (primary N) is 1. The van der Waals surface area contributed by atoms with E-state index < -0.39 is 5.95 Å². The van der Waals surface area contributed by atoms with Gasteiger partial charge in [-0.2, -0.15) is 4.39 Å². The molecule has 3 aromatic heterocycles. The highest BCUT2D eigenvalue weighted by molar-refractivity contribution is 6.12. The first-order valence-electron chi connectivity index (χ1n) is 8.67. The monoisotopic (exact) mass is 348 g/mol. The van der Waals surface area contributed by atoms with Gasteiger partial charge in [0, 0.05) is 34.9 Å². The molecule has 0 bridgehead atoms. The van der Waals surface area contributed by atoms with Crippen LogP contribution in [0.1, 0.15) is 25.3 Å². The molecule has 0 unspecified atom stereocenters. The minimum atomic E-state index is -0.546. The Morgan fingerprint density at radius 2 is 1.96 bits per heavy atom. The molecule has 5 rings (SSSR count). The Labute approximate surface area is 148 Å². The number of aromatic nitrogens is 3. The molecule has 6 heteroatoms. The summed E-state index contributed by atoms with van der Waals surface area (Å²) in [6.07, 6.45) is 6.51. The fourth-order valence-corrected chi connectivity index (χ4v) is 3.73. The summed E-state index contributed by atoms with van der Waals surface area (Å²) < 4.78 is 16.1. The van der Waals surface area contributed by atoms with Crippen LogP contribution in [0.5, 0.6) is 5.88 Å². The summed E-state index contributed by atoms with van der Waals surface area (Å²) >= 11 is 0. The number of para-hydroxylation sites is 1. The Balaban J connectivity index is 1.84. The number of nitrogen functional groups attached to an aromatic ring is 1. The minimum Gasteiger partial charge on any atom is -0.494 e. The molecule has 0 amide bonds. The number of aromatic hydroxyl groups is 1. The third-order valence-corrected chi connectivity index (χ3v) is 5.33. The predicted molar refractivity (Wildman–Crippen MR) is 99.4 cm³/mol. The van der Waals surface area contributed by atoms with Crippen molar-refractivity contribution in [3.8, 4) is 17.0 Å². The van der Waals surface area contributed by atoms with Gasteiger partial charge in [-0.25, -0.2) is 9.97 Å². The first-order chi connectivity index (χ1) is 12.6. The molecule has 0 atom stereocenters. The maximum Gasteiger partial charge on any atom is 0.220 e. The fraction of sp³-hybridized carbons (Fsp3) is 0.200. The smallest absolute Gasteiger partial charge is 0.220 e. The van der Waals surface area contributed by atoms with Crippen LogP contribution < -0.4 is 5.73 Å². The topological polar surface area (TPSA) is 77.0 Å². The lowest BCUT2D eigenvalue weighted by molar-refractivity contribution is 0.283. The van der Waals surface area contributed by atoms with Crippen LogP contribution in [0.25, 0.3) is 32.9 Å². The average Bonchev–Trinajstić information content (AvgIpc) is 2.91. The zero-order valence-electron chi connectivity index (χ0n) is 14.0. The van der Waals surface area contributed by atoms with Crippen LogP contribution in [-0.4, -0.2) is 19.6 Å². The molecule has 0 spiro atoms. The van der Waals surface area contributed by atoms with E-state index in [-0.39, 0.29) is 5.88 Å². The largest absolute Gasteiger partial charge is 0.494 e. The SMILES string of the molecule is Nc1c2cccc(-c3cccnc3F)c2nc2cn(C3CCC3)c(O)c12. The number of fused-ring (bicyclic) bond motifs is 2. The van der Waals surface area contributed by atoms with Gasteiger partial charge in [0.05, 0.1) is 22.1 Å². The van der Waals surface area contributed by atoms with Gasteiger partial charge in [0.25, 0.3) is 0 Å². The predicted octanol–water partition coefficient (Wildman–Crippen LogP) is 4.40. The molecule has 5 nitrogen and oxygen atoms in total. The van der Waals surface area contributed by atoms with Crippen LogP contribution in [0.15, 0.2) is 42.7 Å². The van der Waals surface area contributed by atoms with E-state index >= 15 is 0 Å². The van der Waals surface area contributed by atoms with Gasteiger partial charge in [0.2, 0.25) is 11.8 Å². The Kier molecular flexibility index (Phi) is 3.16. The third kappa shape index (κ3) is 2.02. The third-order valence-electron chi connectivity index (χ3n) is 5.33. The summed E-state index contributed by atoms with van der Waals surface area (Å²) in [7, 11) is 0. The Hall–Kier alpha value is -3.15. The van der Waals surface area contributed by atoms with Gasteiger partial charge in [-0.3, -0.25) is 0 Å². The van der Waals surface area contributed by atoms with Crippen LogP contribution in [0.3, 0.4) is 0 Å². The van der Waals surface area contributed by atoms with Gasteiger partial charge in [-0.05, 0) is 31.4 Å². The molecule has 0 aliphatic heterocycles. The Bertz CT molecular complexity index is 1160. The summed E-state index contributed by atoms with van der Waals surface area (Å²) in [6.45, 7) is 0. The molecule has 26 heavy (non-hydrogen) atoms. The standard InChI is InChI=1S/C20H17FN4O/c21-19-13(8-3-9-23-19)12-6-2-7-14-17(22)16-15(24-18(12)14)10-25(20(16)26)11-4-1-5-11/h2-3,6-11,26H,1,4-5,22H2. The maximum atomic E-state index is 14.2. The second-order valence-corrected chi connectivity index (χ2v) is 6.77. The molecule has 0 saturated heterocycles. The number of benzene rings is 1. The number of nitrogens with zero attached hydrogens (tertiary/aromatic N) is 3. The van der Waals surface area contributed by atoms with E-state index in [0.29, 0.717) is 44.7 Å². The molecular weight excluding hydrogens is 331 g/mol. The van der Waals surface area contributed by atoms with E-state index in [2.05, 4.69) is 4.98 Å². The van der Waals surface area contributed by atoms with Gasteiger partial charge in [0.1, 0.15) is 0 Å². The second-order valence-electron chi connectivity index (χ2n) is 6.77. The summed E-state index contributed by atoms with van der Waals surface area (Å²) in [5.41, 5.74) is 9.10. The summed E-state index contributed by atoms with van der Waals surface area (Å²) in [6, 6.07) is 9.13. The van der Waals surface area contributed by atoms with Crippen LogP contribution in [0.2, 0.25) is 0 Å². The lowest BCUT2D eigenvalue weighted by Gasteiger charge is -2.27. The van der Waals surface area contributed by atoms with Crippen molar-refractivity contribution in [3.05, 3.63) is 48.7 Å². The van der Waals surface area contributed by atoms with Gasteiger partial charge in [-0.15, -0.1) is 0 Å². The Morgan fingerprint density at radius 1 is 1.15 bits per heavy atom. The molecule has 1 fully saturated rings. The summed E-state index contributed by atoms with van der Waals surface area (Å²) in [5, 5.41) is 11.9. The molecule has 3 N–H and O–H groups in total. The first-order valence-corrected chi connectivity index (χ1v) is 8.67. The molecular formula is C20H17FN4O. The minimum absolute atomic E-state index is 0.162. The lowest BCUT2D eigenvalue weighted by atomic mass is 9.93. The van der Waals surface area contributed by atoms with E-state index in [1.54, 1.807) is 12.1 Å². The van der Waals surface area contributed by atoms with E-state index in [1.807, 2.05) is 29.0 Å². The van der Waals surface area contributed by atoms with Crippen molar-refractivity contribution < 1.29 is 9.50 Å². The van der Waals surface area contributed by atoms with Gasteiger partial charge in [0.15, 0.2) is 0 Å². The van der Waals surface area contributed by atoms with Crippen molar-refractivity contribution in [2.45, 2.75) is 25.3 Å². The fourth-order valence-electron chi connectivity index (χ4n) is 3.73. The quantitative estimate of drug-likeness (QED) is 0.526. The highest BCUT2D eigenvalue weighted by Crippen LogP contribution is 2.43. The van der Waals surface area contributed by atoms with Crippen LogP contribution in [0.4, 0.5) is 10.1 Å².